The Morgan fingerprint density at radius 2 is 1.18 bits per heavy atom. The summed E-state index contributed by atoms with van der Waals surface area (Å²) >= 11 is 24.5. The van der Waals surface area contributed by atoms with Crippen LogP contribution >= 0.6 is 86.9 Å². The third-order valence-electron chi connectivity index (χ3n) is 3.54. The number of phenolic OH excluding ortho intramolecular Hbond substituents is 1. The number of carbonyl (C=O) groups excluding carboxylic acids is 1. The van der Waals surface area contributed by atoms with Crippen molar-refractivity contribution in [3.63, 3.8) is 0 Å². The average molecular weight is 1070 g/mol. The molecule has 4 aromatic rings. The smallest absolute Gasteiger partial charge is 1.00 e. The van der Waals surface area contributed by atoms with Gasteiger partial charge >= 0.3 is 138 Å². The number of carbonyl (C=O) groups is 1. The second-order valence-electron chi connectivity index (χ2n) is 6.42. The van der Waals surface area contributed by atoms with Crippen molar-refractivity contribution < 1.29 is 168 Å². The molecule has 39 heavy (non-hydrogen) atoms. The van der Waals surface area contributed by atoms with Gasteiger partial charge in [0.25, 0.3) is 6.47 Å². The Labute approximate surface area is 388 Å². The Morgan fingerprint density at radius 1 is 0.744 bits per heavy atom. The van der Waals surface area contributed by atoms with Gasteiger partial charge in [-0.15, -0.1) is 0 Å². The Morgan fingerprint density at radius 3 is 1.54 bits per heavy atom. The van der Waals surface area contributed by atoms with E-state index in [1.807, 2.05) is 36.4 Å². The normalized spacial score (nSPS) is 8.82. The molecule has 5 nitrogen and oxygen atoms in total. The minimum absolute atomic E-state index is 0. The molecule has 1 N–H and O–H groups in total. The fraction of sp³-hybridized carbons (Fsp3) is 0. The van der Waals surface area contributed by atoms with Crippen LogP contribution in [0.1, 0.15) is 1.43 Å². The molecule has 0 radical (unpaired) electrons. The van der Waals surface area contributed by atoms with Crippen molar-refractivity contribution in [1.29, 1.82) is 0 Å². The van der Waals surface area contributed by atoms with Crippen molar-refractivity contribution in [2.75, 3.05) is 0 Å². The van der Waals surface area contributed by atoms with E-state index in [2.05, 4.69) is 68.6 Å². The molecule has 0 aliphatic heterocycles. The van der Waals surface area contributed by atoms with E-state index in [-0.39, 0.29) is 157 Å². The van der Waals surface area contributed by atoms with E-state index in [1.165, 1.54) is 18.2 Å². The molecule has 4 aromatic carbocycles. The van der Waals surface area contributed by atoms with Crippen LogP contribution in [0, 0.1) is 5.82 Å². The Kier molecular flexibility index (Phi) is 28.8. The summed E-state index contributed by atoms with van der Waals surface area (Å²) < 4.78 is 21.4. The molecule has 198 valence electrons. The summed E-state index contributed by atoms with van der Waals surface area (Å²) in [7, 11) is 0. The number of phenols is 1. The van der Waals surface area contributed by atoms with Crippen LogP contribution in [0.5, 0.6) is 17.2 Å². The van der Waals surface area contributed by atoms with Crippen molar-refractivity contribution in [2.45, 2.75) is 0 Å². The Bertz CT molecular complexity index is 1210. The molecule has 0 atom stereocenters. The second-order valence-corrected chi connectivity index (χ2v) is 11.0. The molecule has 0 saturated heterocycles. The summed E-state index contributed by atoms with van der Waals surface area (Å²) in [5.41, 5.74) is 0. The number of hydrogen-bond acceptors (Lipinski definition) is 5. The number of hydrogen-bond donors (Lipinski definition) is 1. The van der Waals surface area contributed by atoms with Gasteiger partial charge in [-0.2, -0.15) is 0 Å². The van der Waals surface area contributed by atoms with E-state index < -0.39 is 0 Å². The summed E-state index contributed by atoms with van der Waals surface area (Å²) in [6.07, 6.45) is 0. The molecule has 4 rings (SSSR count). The predicted molar refractivity (Wildman–Crippen MR) is 157 cm³/mol. The molecule has 0 fully saturated rings. The topological polar surface area (TPSA) is 78.8 Å². The van der Waals surface area contributed by atoms with E-state index >= 15 is 0 Å². The minimum atomic E-state index is -0.240. The molecule has 0 aromatic heterocycles. The summed E-state index contributed by atoms with van der Waals surface area (Å²) in [4.78, 5) is 11.2. The third-order valence-corrected chi connectivity index (χ3v) is 5.84. The van der Waals surface area contributed by atoms with Gasteiger partial charge in [0.1, 0.15) is 23.1 Å². The van der Waals surface area contributed by atoms with E-state index in [0.717, 1.165) is 29.4 Å². The van der Waals surface area contributed by atoms with Crippen molar-refractivity contribution in [2.24, 2.45) is 0 Å². The van der Waals surface area contributed by atoms with Crippen molar-refractivity contribution in [3.05, 3.63) is 119 Å². The molecule has 0 spiro atoms. The van der Waals surface area contributed by atoms with E-state index in [9.17, 15) is 4.39 Å². The number of rotatable bonds is 3. The Hall–Kier alpha value is 2.44. The maximum Gasteiger partial charge on any atom is 1.00 e. The van der Waals surface area contributed by atoms with Gasteiger partial charge in [0.15, 0.2) is 0 Å². The van der Waals surface area contributed by atoms with Gasteiger partial charge in [-0.1, -0.05) is 99.1 Å². The number of halogens is 7. The zero-order valence-corrected chi connectivity index (χ0v) is 40.8. The van der Waals surface area contributed by atoms with Crippen LogP contribution < -0.4 is 148 Å². The van der Waals surface area contributed by atoms with Crippen LogP contribution in [0.3, 0.4) is 0 Å². The van der Waals surface area contributed by atoms with Crippen LogP contribution in [0.25, 0.3) is 0 Å². The number of aromatic hydroxyl groups is 1. The van der Waals surface area contributed by atoms with Crippen molar-refractivity contribution in [1.82, 2.24) is 0 Å². The summed E-state index contributed by atoms with van der Waals surface area (Å²) in [6.45, 7) is -0.181. The maximum atomic E-state index is 12.4. The van der Waals surface area contributed by atoms with Crippen molar-refractivity contribution >= 4 is 93.4 Å². The molecule has 0 unspecified atom stereocenters. The summed E-state index contributed by atoms with van der Waals surface area (Å²) in [6, 6.07) is 24.1. The van der Waals surface area contributed by atoms with Gasteiger partial charge in [0, 0.05) is 27.9 Å². The number of ether oxygens (including phenoxy) is 1. The van der Waals surface area contributed by atoms with Crippen LogP contribution in [0.4, 0.5) is 4.39 Å². The first-order chi connectivity index (χ1) is 17.5. The number of benzene rings is 4. The van der Waals surface area contributed by atoms with Crippen LogP contribution in [0.15, 0.2) is 103 Å². The fourth-order valence-corrected chi connectivity index (χ4v) is 5.10. The maximum absolute atomic E-state index is 12.4. The Balaban J connectivity index is -0.000000493. The molecule has 14 heteroatoms. The zero-order valence-electron chi connectivity index (χ0n) is 21.4. The fourth-order valence-electron chi connectivity index (χ4n) is 2.25. The van der Waals surface area contributed by atoms with Gasteiger partial charge in [0.2, 0.25) is 0 Å². The predicted octanol–water partition coefficient (Wildman–Crippen LogP) is 3.61. The monoisotopic (exact) mass is 1070 g/mol. The standard InChI is InChI=1S/C12H7Br2ClO.C6H3Br2F.C6H5ClO.CH2O3.2Cs.H/c13-8-4-9(14)6-12(5-8)16-11-3-1-2-10(15)7-11;7-4-1-5(8)3-6(9)2-4;7-5-2-1-3-6(8)4-5;2-1-4-3;;;/h1-7H;1-3H;1-4,8H;1,3H;;;/q;;;;2*+1;-1/p-1. The van der Waals surface area contributed by atoms with E-state index in [0.29, 0.717) is 10.0 Å². The van der Waals surface area contributed by atoms with Crippen molar-refractivity contribution in [3.8, 4) is 17.2 Å². The van der Waals surface area contributed by atoms with Gasteiger partial charge in [0.05, 0.1) is 0 Å². The second kappa shape index (κ2) is 25.7. The molecule has 0 aliphatic rings. The largest absolute Gasteiger partial charge is 1.00 e. The van der Waals surface area contributed by atoms with E-state index in [1.54, 1.807) is 30.3 Å². The first-order valence-corrected chi connectivity index (χ1v) is 13.6. The average Bonchev–Trinajstić information content (AvgIpc) is 2.78. The third kappa shape index (κ3) is 22.6. The molecule has 0 aliphatic carbocycles. The van der Waals surface area contributed by atoms with Crippen LogP contribution in [-0.4, -0.2) is 11.6 Å². The molecule has 0 saturated carbocycles. The summed E-state index contributed by atoms with van der Waals surface area (Å²) in [5, 5.41) is 18.4. The zero-order chi connectivity index (χ0) is 27.8. The van der Waals surface area contributed by atoms with Crippen LogP contribution in [0.2, 0.25) is 10.0 Å². The first-order valence-electron chi connectivity index (χ1n) is 9.70. The van der Waals surface area contributed by atoms with Gasteiger partial charge in [-0.05, 0) is 72.8 Å². The SMILES string of the molecule is Clc1cccc(Oc2cc(Br)cc(Br)c2)c1.Fc1cc(Br)cc(Br)c1.O=CO[O-].Oc1cccc(Cl)c1.[Cs+].[Cs+].[H-]. The summed E-state index contributed by atoms with van der Waals surface area (Å²) in [5.74, 6) is 1.44. The molecular weight excluding hydrogens is 1060 g/mol. The van der Waals surface area contributed by atoms with Gasteiger partial charge < -0.3 is 21.4 Å². The van der Waals surface area contributed by atoms with Gasteiger partial charge in [-0.3, -0.25) is 4.79 Å². The van der Waals surface area contributed by atoms with Crippen LogP contribution in [-0.2, 0) is 9.68 Å². The van der Waals surface area contributed by atoms with E-state index in [4.69, 9.17) is 43.1 Å². The molecule has 0 amide bonds. The molecular formula is C25H17Br4Cl2Cs2FO5. The molecule has 0 heterocycles. The minimum Gasteiger partial charge on any atom is -1.00 e. The molecule has 0 bridgehead atoms. The first kappa shape index (κ1) is 43.6. The van der Waals surface area contributed by atoms with Gasteiger partial charge in [-0.25, -0.2) is 4.39 Å². The quantitative estimate of drug-likeness (QED) is 0.193.